The summed E-state index contributed by atoms with van der Waals surface area (Å²) >= 11 is 12.1. The summed E-state index contributed by atoms with van der Waals surface area (Å²) in [5, 5.41) is 5.21. The maximum atomic E-state index is 6.30. The smallest absolute Gasteiger partial charge is 0.0860 e. The van der Waals surface area contributed by atoms with Crippen LogP contribution < -0.4 is 0 Å². The van der Waals surface area contributed by atoms with Crippen LogP contribution >= 0.6 is 23.2 Å². The number of aromatic nitrogens is 2. The van der Waals surface area contributed by atoms with Crippen LogP contribution in [0.1, 0.15) is 32.2 Å². The zero-order chi connectivity index (χ0) is 13.0. The van der Waals surface area contributed by atoms with E-state index in [0.29, 0.717) is 11.9 Å². The number of rotatable bonds is 6. The molecule has 0 N–H and O–H groups in total. The number of hydrogen-bond acceptors (Lipinski definition) is 2. The lowest BCUT2D eigenvalue weighted by molar-refractivity contribution is 0.219. The Bertz CT molecular complexity index is 361. The molecule has 1 heterocycles. The molecule has 0 aliphatic heterocycles. The van der Waals surface area contributed by atoms with E-state index in [0.717, 1.165) is 36.0 Å². The monoisotopic (exact) mass is 277 g/mol. The first kappa shape index (κ1) is 14.8. The highest BCUT2D eigenvalue weighted by Crippen LogP contribution is 2.22. The second-order valence-corrected chi connectivity index (χ2v) is 5.17. The Balaban J connectivity index is 2.91. The SMILES string of the molecule is CCn1nc(C)c(Cl)c1CN(CCCl)C(C)C. The summed E-state index contributed by atoms with van der Waals surface area (Å²) in [6.07, 6.45) is 0. The molecule has 0 aliphatic carbocycles. The van der Waals surface area contributed by atoms with Crippen molar-refractivity contribution in [2.45, 2.75) is 46.8 Å². The van der Waals surface area contributed by atoms with Gasteiger partial charge in [0.25, 0.3) is 0 Å². The van der Waals surface area contributed by atoms with E-state index in [1.165, 1.54) is 0 Å². The van der Waals surface area contributed by atoms with Crippen molar-refractivity contribution in [3.05, 3.63) is 16.4 Å². The van der Waals surface area contributed by atoms with Gasteiger partial charge in [-0.2, -0.15) is 5.10 Å². The van der Waals surface area contributed by atoms with Crippen molar-refractivity contribution in [1.82, 2.24) is 14.7 Å². The van der Waals surface area contributed by atoms with Gasteiger partial charge in [-0.25, -0.2) is 0 Å². The molecule has 0 unspecified atom stereocenters. The minimum atomic E-state index is 0.449. The minimum Gasteiger partial charge on any atom is -0.294 e. The highest BCUT2D eigenvalue weighted by atomic mass is 35.5. The van der Waals surface area contributed by atoms with Gasteiger partial charge in [0.05, 0.1) is 16.4 Å². The average Bonchev–Trinajstić information content (AvgIpc) is 2.55. The maximum Gasteiger partial charge on any atom is 0.0860 e. The minimum absolute atomic E-state index is 0.449. The van der Waals surface area contributed by atoms with Gasteiger partial charge >= 0.3 is 0 Å². The lowest BCUT2D eigenvalue weighted by Gasteiger charge is -2.25. The molecule has 17 heavy (non-hydrogen) atoms. The molecule has 0 saturated carbocycles. The molecular weight excluding hydrogens is 257 g/mol. The Kier molecular flexibility index (Phi) is 5.77. The quantitative estimate of drug-likeness (QED) is 0.744. The topological polar surface area (TPSA) is 21.1 Å². The highest BCUT2D eigenvalue weighted by molar-refractivity contribution is 6.31. The van der Waals surface area contributed by atoms with Crippen LogP contribution in [0, 0.1) is 6.92 Å². The Morgan fingerprint density at radius 1 is 1.41 bits per heavy atom. The second kappa shape index (κ2) is 6.62. The number of aryl methyl sites for hydroxylation is 2. The zero-order valence-electron chi connectivity index (χ0n) is 11.0. The van der Waals surface area contributed by atoms with E-state index in [9.17, 15) is 0 Å². The van der Waals surface area contributed by atoms with Crippen LogP contribution in [0.15, 0.2) is 0 Å². The largest absolute Gasteiger partial charge is 0.294 e. The van der Waals surface area contributed by atoms with Crippen LogP contribution in [0.2, 0.25) is 5.02 Å². The molecule has 0 bridgehead atoms. The molecule has 0 aromatic carbocycles. The molecule has 0 amide bonds. The predicted molar refractivity (Wildman–Crippen MR) is 73.9 cm³/mol. The van der Waals surface area contributed by atoms with Crippen LogP contribution in [-0.4, -0.2) is 33.1 Å². The Morgan fingerprint density at radius 3 is 2.53 bits per heavy atom. The fourth-order valence-electron chi connectivity index (χ4n) is 1.84. The third-order valence-electron chi connectivity index (χ3n) is 2.91. The third-order valence-corrected chi connectivity index (χ3v) is 3.57. The fourth-order valence-corrected chi connectivity index (χ4v) is 2.25. The summed E-state index contributed by atoms with van der Waals surface area (Å²) in [6.45, 7) is 10.9. The maximum absolute atomic E-state index is 6.30. The van der Waals surface area contributed by atoms with Gasteiger partial charge in [-0.15, -0.1) is 11.6 Å². The van der Waals surface area contributed by atoms with Crippen LogP contribution in [0.5, 0.6) is 0 Å². The molecule has 1 aromatic rings. The van der Waals surface area contributed by atoms with Crippen molar-refractivity contribution in [3.63, 3.8) is 0 Å². The summed E-state index contributed by atoms with van der Waals surface area (Å²) in [5.41, 5.74) is 1.99. The lowest BCUT2D eigenvalue weighted by atomic mass is 10.2. The number of halogens is 2. The number of hydrogen-bond donors (Lipinski definition) is 0. The van der Waals surface area contributed by atoms with E-state index >= 15 is 0 Å². The van der Waals surface area contributed by atoms with Crippen molar-refractivity contribution in [1.29, 1.82) is 0 Å². The van der Waals surface area contributed by atoms with Crippen molar-refractivity contribution < 1.29 is 0 Å². The first-order chi connectivity index (χ1) is 8.01. The Labute approximate surface area is 114 Å². The Morgan fingerprint density at radius 2 is 2.06 bits per heavy atom. The fraction of sp³-hybridized carbons (Fsp3) is 0.750. The van der Waals surface area contributed by atoms with Crippen LogP contribution in [-0.2, 0) is 13.1 Å². The molecule has 98 valence electrons. The van der Waals surface area contributed by atoms with Crippen LogP contribution in [0.25, 0.3) is 0 Å². The van der Waals surface area contributed by atoms with E-state index < -0.39 is 0 Å². The first-order valence-corrected chi connectivity index (χ1v) is 6.94. The first-order valence-electron chi connectivity index (χ1n) is 6.03. The summed E-state index contributed by atoms with van der Waals surface area (Å²) in [7, 11) is 0. The Hall–Kier alpha value is -0.250. The summed E-state index contributed by atoms with van der Waals surface area (Å²) < 4.78 is 1.97. The predicted octanol–water partition coefficient (Wildman–Crippen LogP) is 3.31. The second-order valence-electron chi connectivity index (χ2n) is 4.42. The van der Waals surface area contributed by atoms with E-state index in [2.05, 4.69) is 30.8 Å². The van der Waals surface area contributed by atoms with Crippen molar-refractivity contribution in [3.8, 4) is 0 Å². The van der Waals surface area contributed by atoms with Crippen LogP contribution in [0.3, 0.4) is 0 Å². The van der Waals surface area contributed by atoms with Gasteiger partial charge in [0.2, 0.25) is 0 Å². The van der Waals surface area contributed by atoms with Gasteiger partial charge in [-0.3, -0.25) is 9.58 Å². The van der Waals surface area contributed by atoms with E-state index in [4.69, 9.17) is 23.2 Å². The molecule has 0 aliphatic rings. The van der Waals surface area contributed by atoms with Crippen molar-refractivity contribution in [2.24, 2.45) is 0 Å². The summed E-state index contributed by atoms with van der Waals surface area (Å²) in [4.78, 5) is 2.31. The zero-order valence-corrected chi connectivity index (χ0v) is 12.5. The van der Waals surface area contributed by atoms with E-state index in [1.54, 1.807) is 0 Å². The number of alkyl halides is 1. The van der Waals surface area contributed by atoms with Gasteiger partial charge in [-0.05, 0) is 27.7 Å². The average molecular weight is 278 g/mol. The molecular formula is C12H21Cl2N3. The van der Waals surface area contributed by atoms with Gasteiger partial charge in [0.1, 0.15) is 0 Å². The molecule has 5 heteroatoms. The molecule has 1 rings (SSSR count). The standard InChI is InChI=1S/C12H21Cl2N3/c1-5-17-11(12(14)10(4)15-17)8-16(7-6-13)9(2)3/h9H,5-8H2,1-4H3. The molecule has 1 aromatic heterocycles. The van der Waals surface area contributed by atoms with Gasteiger partial charge < -0.3 is 0 Å². The molecule has 0 spiro atoms. The summed E-state index contributed by atoms with van der Waals surface area (Å²) in [5.74, 6) is 0.634. The lowest BCUT2D eigenvalue weighted by Crippen LogP contribution is -2.33. The van der Waals surface area contributed by atoms with Crippen molar-refractivity contribution in [2.75, 3.05) is 12.4 Å². The van der Waals surface area contributed by atoms with Gasteiger partial charge in [0, 0.05) is 31.6 Å². The molecule has 0 fully saturated rings. The van der Waals surface area contributed by atoms with Crippen molar-refractivity contribution >= 4 is 23.2 Å². The van der Waals surface area contributed by atoms with Gasteiger partial charge in [0.15, 0.2) is 0 Å². The summed E-state index contributed by atoms with van der Waals surface area (Å²) in [6, 6.07) is 0.449. The van der Waals surface area contributed by atoms with E-state index in [-0.39, 0.29) is 0 Å². The van der Waals surface area contributed by atoms with Crippen LogP contribution in [0.4, 0.5) is 0 Å². The normalized spacial score (nSPS) is 11.8. The van der Waals surface area contributed by atoms with Gasteiger partial charge in [-0.1, -0.05) is 11.6 Å². The highest BCUT2D eigenvalue weighted by Gasteiger charge is 2.17. The molecule has 0 saturated heterocycles. The van der Waals surface area contributed by atoms with E-state index in [1.807, 2.05) is 11.6 Å². The third kappa shape index (κ3) is 3.60. The molecule has 0 atom stereocenters. The molecule has 0 radical (unpaired) electrons. The molecule has 3 nitrogen and oxygen atoms in total. The number of nitrogens with zero attached hydrogens (tertiary/aromatic N) is 3.